The Morgan fingerprint density at radius 1 is 1.38 bits per heavy atom. The summed E-state index contributed by atoms with van der Waals surface area (Å²) in [5.41, 5.74) is 5.40. The lowest BCUT2D eigenvalue weighted by Gasteiger charge is -2.33. The molecule has 1 aliphatic heterocycles. The molecule has 9 heteroatoms. The summed E-state index contributed by atoms with van der Waals surface area (Å²) in [5, 5.41) is 12.3. The van der Waals surface area contributed by atoms with Crippen molar-refractivity contribution in [2.24, 2.45) is 10.8 Å². The molecule has 0 aromatic rings. The highest BCUT2D eigenvalue weighted by atomic mass is 16.7. The summed E-state index contributed by atoms with van der Waals surface area (Å²) in [4.78, 5) is 24.3. The van der Waals surface area contributed by atoms with Gasteiger partial charge in [-0.25, -0.2) is 14.9 Å². The predicted octanol–water partition coefficient (Wildman–Crippen LogP) is -1.12. The Morgan fingerprint density at radius 2 is 1.88 bits per heavy atom. The number of hydrazone groups is 1. The van der Waals surface area contributed by atoms with E-state index in [-0.39, 0.29) is 5.96 Å². The molecule has 1 fully saturated rings. The summed E-state index contributed by atoms with van der Waals surface area (Å²) in [6.45, 7) is 1.61. The maximum absolute atomic E-state index is 11.1. The molecule has 0 aromatic carbocycles. The zero-order chi connectivity index (χ0) is 12.1. The Bertz CT molecular complexity index is 310. The average Bonchev–Trinajstić information content (AvgIpc) is 2.27. The number of carbonyl (C=O) groups is 1. The van der Waals surface area contributed by atoms with Crippen LogP contribution in [0.25, 0.3) is 0 Å². The molecule has 0 aromatic heterocycles. The van der Waals surface area contributed by atoms with Crippen molar-refractivity contribution in [1.82, 2.24) is 9.80 Å². The van der Waals surface area contributed by atoms with Crippen LogP contribution < -0.4 is 5.73 Å². The fourth-order valence-electron chi connectivity index (χ4n) is 1.39. The van der Waals surface area contributed by atoms with E-state index in [1.807, 2.05) is 0 Å². The van der Waals surface area contributed by atoms with Crippen LogP contribution in [0.3, 0.4) is 0 Å². The zero-order valence-electron chi connectivity index (χ0n) is 8.83. The molecule has 1 heterocycles. The summed E-state index contributed by atoms with van der Waals surface area (Å²) in [5.74, 6) is -0.144. The van der Waals surface area contributed by atoms with Crippen LogP contribution in [0.2, 0.25) is 0 Å². The minimum atomic E-state index is -0.845. The van der Waals surface area contributed by atoms with Crippen LogP contribution in [0.1, 0.15) is 0 Å². The Morgan fingerprint density at radius 3 is 2.31 bits per heavy atom. The van der Waals surface area contributed by atoms with Crippen molar-refractivity contribution < 1.29 is 14.6 Å². The second kappa shape index (κ2) is 5.14. The summed E-state index contributed by atoms with van der Waals surface area (Å²) in [6.07, 6.45) is -0.413. The molecule has 0 aliphatic carbocycles. The Balaban J connectivity index is 2.49. The third-order valence-corrected chi connectivity index (χ3v) is 2.22. The van der Waals surface area contributed by atoms with Gasteiger partial charge in [0, 0.05) is 26.2 Å². The Labute approximate surface area is 91.6 Å². The van der Waals surface area contributed by atoms with E-state index in [4.69, 9.17) is 5.73 Å². The standard InChI is InChI=1S/C7H13N5O4/c1-16-7(13)11-4-2-10(3-5-11)6(8)9-12(14)15/h2-5H2,1H3,(H2,8,9). The number of nitrogens with two attached hydrogens (primary N) is 1. The number of amides is 1. The van der Waals surface area contributed by atoms with Gasteiger partial charge in [-0.15, -0.1) is 0 Å². The van der Waals surface area contributed by atoms with Gasteiger partial charge in [0.05, 0.1) is 7.11 Å². The number of nitro groups is 1. The minimum absolute atomic E-state index is 0.144. The van der Waals surface area contributed by atoms with Crippen molar-refractivity contribution >= 4 is 12.1 Å². The molecular formula is C7H13N5O4. The third kappa shape index (κ3) is 2.97. The van der Waals surface area contributed by atoms with Crippen molar-refractivity contribution in [1.29, 1.82) is 0 Å². The molecule has 0 atom stereocenters. The summed E-state index contributed by atoms with van der Waals surface area (Å²) in [6, 6.07) is 0. The van der Waals surface area contributed by atoms with E-state index in [9.17, 15) is 14.9 Å². The van der Waals surface area contributed by atoms with Gasteiger partial charge in [-0.3, -0.25) is 0 Å². The quantitative estimate of drug-likeness (QED) is 0.264. The van der Waals surface area contributed by atoms with Gasteiger partial charge in [-0.1, -0.05) is 0 Å². The summed E-state index contributed by atoms with van der Waals surface area (Å²) < 4.78 is 4.55. The molecular weight excluding hydrogens is 218 g/mol. The first-order valence-electron chi connectivity index (χ1n) is 4.61. The molecule has 9 nitrogen and oxygen atoms in total. The molecule has 1 saturated heterocycles. The van der Waals surface area contributed by atoms with Crippen LogP contribution >= 0.6 is 0 Å². The molecule has 1 amide bonds. The number of carbonyl (C=O) groups excluding carboxylic acids is 1. The van der Waals surface area contributed by atoms with E-state index >= 15 is 0 Å². The molecule has 0 spiro atoms. The SMILES string of the molecule is COC(=O)N1CCN(C(N)=N[N+](=O)[O-])CC1. The molecule has 90 valence electrons. The van der Waals surface area contributed by atoms with Gasteiger partial charge in [0.25, 0.3) is 5.96 Å². The average molecular weight is 231 g/mol. The number of ether oxygens (including phenoxy) is 1. The van der Waals surface area contributed by atoms with Crippen molar-refractivity contribution in [3.63, 3.8) is 0 Å². The smallest absolute Gasteiger partial charge is 0.409 e. The number of hydrogen-bond donors (Lipinski definition) is 1. The van der Waals surface area contributed by atoms with Gasteiger partial charge in [0.1, 0.15) is 5.10 Å². The monoisotopic (exact) mass is 231 g/mol. The normalized spacial score (nSPS) is 17.2. The van der Waals surface area contributed by atoms with E-state index in [2.05, 4.69) is 9.84 Å². The minimum Gasteiger partial charge on any atom is -0.453 e. The third-order valence-electron chi connectivity index (χ3n) is 2.22. The lowest BCUT2D eigenvalue weighted by molar-refractivity contribution is -0.485. The lowest BCUT2D eigenvalue weighted by atomic mass is 10.3. The van der Waals surface area contributed by atoms with Crippen molar-refractivity contribution in [2.45, 2.75) is 0 Å². The topological polar surface area (TPSA) is 114 Å². The number of guanidine groups is 1. The van der Waals surface area contributed by atoms with Gasteiger partial charge in [-0.05, 0) is 0 Å². The lowest BCUT2D eigenvalue weighted by Crippen LogP contribution is -2.52. The van der Waals surface area contributed by atoms with Crippen LogP contribution in [-0.2, 0) is 4.74 Å². The van der Waals surface area contributed by atoms with E-state index < -0.39 is 11.1 Å². The van der Waals surface area contributed by atoms with Crippen molar-refractivity contribution in [2.75, 3.05) is 33.3 Å². The van der Waals surface area contributed by atoms with E-state index in [0.717, 1.165) is 0 Å². The number of hydrogen-bond acceptors (Lipinski definition) is 4. The van der Waals surface area contributed by atoms with Crippen LogP contribution in [0, 0.1) is 10.1 Å². The molecule has 0 saturated carbocycles. The highest BCUT2D eigenvalue weighted by Crippen LogP contribution is 2.02. The van der Waals surface area contributed by atoms with Crippen molar-refractivity contribution in [3.8, 4) is 0 Å². The van der Waals surface area contributed by atoms with Crippen LogP contribution in [0.15, 0.2) is 5.10 Å². The maximum Gasteiger partial charge on any atom is 0.409 e. The summed E-state index contributed by atoms with van der Waals surface area (Å²) in [7, 11) is 1.30. The second-order valence-corrected chi connectivity index (χ2v) is 3.14. The number of methoxy groups -OCH3 is 1. The number of rotatable bonds is 1. The molecule has 0 radical (unpaired) electrons. The first-order valence-corrected chi connectivity index (χ1v) is 4.61. The summed E-state index contributed by atoms with van der Waals surface area (Å²) >= 11 is 0. The predicted molar refractivity (Wildman–Crippen MR) is 54.2 cm³/mol. The van der Waals surface area contributed by atoms with Gasteiger partial charge in [0.15, 0.2) is 5.03 Å². The number of nitrogens with zero attached hydrogens (tertiary/aromatic N) is 4. The van der Waals surface area contributed by atoms with E-state index in [1.165, 1.54) is 12.0 Å². The second-order valence-electron chi connectivity index (χ2n) is 3.14. The number of piperazine rings is 1. The Kier molecular flexibility index (Phi) is 3.86. The Hall–Kier alpha value is -2.06. The van der Waals surface area contributed by atoms with Crippen molar-refractivity contribution in [3.05, 3.63) is 10.1 Å². The maximum atomic E-state index is 11.1. The largest absolute Gasteiger partial charge is 0.453 e. The highest BCUT2D eigenvalue weighted by Gasteiger charge is 2.23. The van der Waals surface area contributed by atoms with Gasteiger partial charge in [-0.2, -0.15) is 0 Å². The highest BCUT2D eigenvalue weighted by molar-refractivity contribution is 5.77. The van der Waals surface area contributed by atoms with Crippen LogP contribution in [0.4, 0.5) is 4.79 Å². The first-order chi connectivity index (χ1) is 7.54. The molecule has 0 unspecified atom stereocenters. The fourth-order valence-corrected chi connectivity index (χ4v) is 1.39. The van der Waals surface area contributed by atoms with Gasteiger partial charge in [0.2, 0.25) is 0 Å². The van der Waals surface area contributed by atoms with Crippen LogP contribution in [0.5, 0.6) is 0 Å². The van der Waals surface area contributed by atoms with Gasteiger partial charge >= 0.3 is 6.09 Å². The molecule has 2 N–H and O–H groups in total. The van der Waals surface area contributed by atoms with E-state index in [1.54, 1.807) is 4.90 Å². The van der Waals surface area contributed by atoms with Crippen LogP contribution in [-0.4, -0.2) is 60.2 Å². The fraction of sp³-hybridized carbons (Fsp3) is 0.714. The van der Waals surface area contributed by atoms with Gasteiger partial charge < -0.3 is 20.3 Å². The first kappa shape index (κ1) is 12.0. The van der Waals surface area contributed by atoms with E-state index in [0.29, 0.717) is 26.2 Å². The molecule has 1 aliphatic rings. The zero-order valence-corrected chi connectivity index (χ0v) is 8.83. The molecule has 1 rings (SSSR count). The molecule has 0 bridgehead atoms. The molecule has 16 heavy (non-hydrogen) atoms.